The van der Waals surface area contributed by atoms with Crippen LogP contribution in [-0.4, -0.2) is 41.0 Å². The monoisotopic (exact) mass is 240 g/mol. The van der Waals surface area contributed by atoms with Gasteiger partial charge in [-0.2, -0.15) is 0 Å². The largest absolute Gasteiger partial charge is 0.481 e. The molecule has 1 amide bonds. The lowest BCUT2D eigenvalue weighted by Crippen LogP contribution is -2.44. The van der Waals surface area contributed by atoms with Gasteiger partial charge in [0.15, 0.2) is 0 Å². The molecular weight excluding hydrogens is 220 g/mol. The molecule has 3 N–H and O–H groups in total. The lowest BCUT2D eigenvalue weighted by atomic mass is 9.84. The van der Waals surface area contributed by atoms with E-state index in [1.165, 1.54) is 0 Å². The van der Waals surface area contributed by atoms with Gasteiger partial charge in [0.1, 0.15) is 0 Å². The van der Waals surface area contributed by atoms with Crippen LogP contribution in [-0.2, 0) is 9.59 Å². The maximum absolute atomic E-state index is 11.9. The summed E-state index contributed by atoms with van der Waals surface area (Å²) in [6.07, 6.45) is 3.05. The first-order valence-corrected chi connectivity index (χ1v) is 5.85. The highest BCUT2D eigenvalue weighted by atomic mass is 16.4. The van der Waals surface area contributed by atoms with Crippen LogP contribution in [0.25, 0.3) is 0 Å². The number of carboxylic acids is 1. The molecule has 0 spiro atoms. The molecule has 2 atom stereocenters. The summed E-state index contributed by atoms with van der Waals surface area (Å²) < 4.78 is 0. The van der Waals surface area contributed by atoms with Crippen LogP contribution in [0.4, 0.5) is 0 Å². The van der Waals surface area contributed by atoms with Gasteiger partial charge >= 0.3 is 5.97 Å². The van der Waals surface area contributed by atoms with E-state index < -0.39 is 17.4 Å². The molecular formula is C12H20N2O3. The molecule has 1 heterocycles. The smallest absolute Gasteiger partial charge is 0.311 e. The van der Waals surface area contributed by atoms with Crippen LogP contribution in [0.5, 0.6) is 0 Å². The number of amides is 1. The first-order valence-electron chi connectivity index (χ1n) is 5.85. The molecule has 0 aromatic carbocycles. The van der Waals surface area contributed by atoms with Crippen molar-refractivity contribution in [2.75, 3.05) is 13.1 Å². The number of hydrogen-bond donors (Lipinski definition) is 2. The summed E-state index contributed by atoms with van der Waals surface area (Å²) >= 11 is 0. The first kappa shape index (κ1) is 13.7. The molecule has 1 fully saturated rings. The first-order chi connectivity index (χ1) is 7.96. The van der Waals surface area contributed by atoms with Gasteiger partial charge in [-0.05, 0) is 19.3 Å². The zero-order valence-electron chi connectivity index (χ0n) is 10.2. The summed E-state index contributed by atoms with van der Waals surface area (Å²) in [6.45, 7) is 6.12. The van der Waals surface area contributed by atoms with Gasteiger partial charge < -0.3 is 15.7 Å². The molecule has 96 valence electrons. The van der Waals surface area contributed by atoms with Gasteiger partial charge in [0, 0.05) is 13.1 Å². The molecule has 1 rings (SSSR count). The van der Waals surface area contributed by atoms with E-state index in [1.807, 2.05) is 6.92 Å². The Labute approximate surface area is 101 Å². The van der Waals surface area contributed by atoms with E-state index in [4.69, 9.17) is 5.73 Å². The fraction of sp³-hybridized carbons (Fsp3) is 0.667. The van der Waals surface area contributed by atoms with Crippen LogP contribution < -0.4 is 5.73 Å². The Balaban J connectivity index is 2.69. The highest BCUT2D eigenvalue weighted by Crippen LogP contribution is 2.34. The molecule has 0 bridgehead atoms. The number of carboxylic acid groups (broad SMARTS) is 1. The molecule has 1 saturated heterocycles. The zero-order chi connectivity index (χ0) is 13.1. The van der Waals surface area contributed by atoms with E-state index in [9.17, 15) is 14.7 Å². The summed E-state index contributed by atoms with van der Waals surface area (Å²) in [7, 11) is 0. The van der Waals surface area contributed by atoms with Gasteiger partial charge in [-0.15, -0.1) is 6.58 Å². The van der Waals surface area contributed by atoms with Crippen molar-refractivity contribution < 1.29 is 14.7 Å². The van der Waals surface area contributed by atoms with Gasteiger partial charge in [-0.1, -0.05) is 13.0 Å². The fourth-order valence-corrected chi connectivity index (χ4v) is 2.19. The van der Waals surface area contributed by atoms with E-state index >= 15 is 0 Å². The average molecular weight is 240 g/mol. The normalized spacial score (nSPS) is 25.6. The van der Waals surface area contributed by atoms with Crippen molar-refractivity contribution in [2.24, 2.45) is 11.1 Å². The molecule has 2 unspecified atom stereocenters. The number of carbonyl (C=O) groups is 2. The number of nitrogens with two attached hydrogens (primary N) is 1. The fourth-order valence-electron chi connectivity index (χ4n) is 2.19. The number of hydrogen-bond acceptors (Lipinski definition) is 3. The van der Waals surface area contributed by atoms with Crippen LogP contribution in [0.3, 0.4) is 0 Å². The van der Waals surface area contributed by atoms with Crippen molar-refractivity contribution in [1.82, 2.24) is 4.90 Å². The molecule has 1 aliphatic rings. The highest BCUT2D eigenvalue weighted by Gasteiger charge is 2.45. The van der Waals surface area contributed by atoms with Crippen molar-refractivity contribution in [3.05, 3.63) is 12.7 Å². The van der Waals surface area contributed by atoms with Crippen LogP contribution >= 0.6 is 0 Å². The zero-order valence-corrected chi connectivity index (χ0v) is 10.2. The predicted octanol–water partition coefficient (Wildman–Crippen LogP) is 0.603. The second-order valence-corrected chi connectivity index (χ2v) is 4.58. The standard InChI is InChI=1S/C12H20N2O3/c1-3-5-9(13)10(15)14-7-6-12(4-2,8-14)11(16)17/h3,9H,1,4-8,13H2,2H3,(H,16,17). The summed E-state index contributed by atoms with van der Waals surface area (Å²) in [6, 6.07) is -0.603. The molecule has 0 aliphatic carbocycles. The Hall–Kier alpha value is -1.36. The minimum atomic E-state index is -0.826. The van der Waals surface area contributed by atoms with Crippen molar-refractivity contribution in [3.8, 4) is 0 Å². The van der Waals surface area contributed by atoms with Crippen LogP contribution in [0.1, 0.15) is 26.2 Å². The number of carbonyl (C=O) groups excluding carboxylic acids is 1. The third-order valence-electron chi connectivity index (χ3n) is 3.53. The van der Waals surface area contributed by atoms with Crippen LogP contribution in [0.15, 0.2) is 12.7 Å². The van der Waals surface area contributed by atoms with Crippen molar-refractivity contribution in [3.63, 3.8) is 0 Å². The minimum absolute atomic E-state index is 0.179. The lowest BCUT2D eigenvalue weighted by molar-refractivity contribution is -0.148. The molecule has 0 aromatic heterocycles. The average Bonchev–Trinajstić information content (AvgIpc) is 2.74. The van der Waals surface area contributed by atoms with Gasteiger partial charge in [0.25, 0.3) is 0 Å². The Morgan fingerprint density at radius 2 is 2.29 bits per heavy atom. The predicted molar refractivity (Wildman–Crippen MR) is 64.3 cm³/mol. The van der Waals surface area contributed by atoms with Gasteiger partial charge in [-0.3, -0.25) is 9.59 Å². The molecule has 0 aromatic rings. The third kappa shape index (κ3) is 2.66. The topological polar surface area (TPSA) is 83.6 Å². The maximum atomic E-state index is 11.9. The van der Waals surface area contributed by atoms with E-state index in [-0.39, 0.29) is 12.5 Å². The molecule has 0 saturated carbocycles. The van der Waals surface area contributed by atoms with Gasteiger partial charge in [-0.25, -0.2) is 0 Å². The molecule has 0 radical (unpaired) electrons. The quantitative estimate of drug-likeness (QED) is 0.689. The maximum Gasteiger partial charge on any atom is 0.311 e. The molecule has 1 aliphatic heterocycles. The van der Waals surface area contributed by atoms with Crippen LogP contribution in [0, 0.1) is 5.41 Å². The highest BCUT2D eigenvalue weighted by molar-refractivity contribution is 5.84. The Kier molecular flexibility index (Phi) is 4.28. The summed E-state index contributed by atoms with van der Waals surface area (Å²) in [4.78, 5) is 24.7. The second kappa shape index (κ2) is 5.31. The summed E-state index contributed by atoms with van der Waals surface area (Å²) in [5.74, 6) is -1.01. The number of nitrogens with zero attached hydrogens (tertiary/aromatic N) is 1. The Morgan fingerprint density at radius 1 is 1.65 bits per heavy atom. The van der Waals surface area contributed by atoms with Crippen molar-refractivity contribution in [1.29, 1.82) is 0 Å². The number of rotatable bonds is 5. The Morgan fingerprint density at radius 3 is 2.71 bits per heavy atom. The minimum Gasteiger partial charge on any atom is -0.481 e. The van der Waals surface area contributed by atoms with Gasteiger partial charge in [0.2, 0.25) is 5.91 Å². The lowest BCUT2D eigenvalue weighted by Gasteiger charge is -2.24. The van der Waals surface area contributed by atoms with Crippen LogP contribution in [0.2, 0.25) is 0 Å². The van der Waals surface area contributed by atoms with E-state index in [2.05, 4.69) is 6.58 Å². The second-order valence-electron chi connectivity index (χ2n) is 4.58. The Bertz CT molecular complexity index is 330. The molecule has 5 heteroatoms. The van der Waals surface area contributed by atoms with Crippen molar-refractivity contribution >= 4 is 11.9 Å². The number of aliphatic carboxylic acids is 1. The van der Waals surface area contributed by atoms with E-state index in [0.29, 0.717) is 25.8 Å². The SMILES string of the molecule is C=CCC(N)C(=O)N1CCC(CC)(C(=O)O)C1. The summed E-state index contributed by atoms with van der Waals surface area (Å²) in [5.41, 5.74) is 4.92. The number of likely N-dealkylation sites (tertiary alicyclic amines) is 1. The van der Waals surface area contributed by atoms with E-state index in [0.717, 1.165) is 0 Å². The molecule has 17 heavy (non-hydrogen) atoms. The van der Waals surface area contributed by atoms with Crippen molar-refractivity contribution in [2.45, 2.75) is 32.2 Å². The summed E-state index contributed by atoms with van der Waals surface area (Å²) in [5, 5.41) is 9.22. The third-order valence-corrected chi connectivity index (χ3v) is 3.53. The van der Waals surface area contributed by atoms with E-state index in [1.54, 1.807) is 11.0 Å². The molecule has 5 nitrogen and oxygen atoms in total. The van der Waals surface area contributed by atoms with Gasteiger partial charge in [0.05, 0.1) is 11.5 Å².